The predicted molar refractivity (Wildman–Crippen MR) is 52.5 cm³/mol. The van der Waals surface area contributed by atoms with Crippen LogP contribution in [0.15, 0.2) is 16.8 Å². The van der Waals surface area contributed by atoms with Gasteiger partial charge < -0.3 is 9.63 Å². The SMILES string of the molecule is O=C(O)C1(c2c(F)cc3oncc3c2F)CC1. The first kappa shape index (κ1) is 10.2. The van der Waals surface area contributed by atoms with Gasteiger partial charge in [-0.2, -0.15) is 0 Å². The maximum atomic E-state index is 14.1. The van der Waals surface area contributed by atoms with Gasteiger partial charge in [0.25, 0.3) is 0 Å². The summed E-state index contributed by atoms with van der Waals surface area (Å²) in [7, 11) is 0. The molecule has 0 spiro atoms. The Morgan fingerprint density at radius 2 is 2.18 bits per heavy atom. The van der Waals surface area contributed by atoms with Gasteiger partial charge in [0, 0.05) is 11.6 Å². The third kappa shape index (κ3) is 1.20. The first-order valence-corrected chi connectivity index (χ1v) is 5.02. The Kier molecular flexibility index (Phi) is 1.81. The van der Waals surface area contributed by atoms with E-state index in [-0.39, 0.29) is 29.4 Å². The van der Waals surface area contributed by atoms with Gasteiger partial charge in [0.05, 0.1) is 17.0 Å². The van der Waals surface area contributed by atoms with Crippen LogP contribution in [-0.4, -0.2) is 16.2 Å². The van der Waals surface area contributed by atoms with Crippen molar-refractivity contribution < 1.29 is 23.2 Å². The van der Waals surface area contributed by atoms with Gasteiger partial charge in [-0.05, 0) is 12.8 Å². The van der Waals surface area contributed by atoms with Gasteiger partial charge in [0.15, 0.2) is 5.58 Å². The summed E-state index contributed by atoms with van der Waals surface area (Å²) in [6, 6.07) is 0.976. The molecule has 0 radical (unpaired) electrons. The quantitative estimate of drug-likeness (QED) is 0.872. The minimum absolute atomic E-state index is 0.00826. The number of hydrogen-bond donors (Lipinski definition) is 1. The standard InChI is InChI=1S/C11H7F2NO3/c12-6-3-7-5(4-14-17-7)9(13)8(6)11(1-2-11)10(15)16/h3-4H,1-2H2,(H,15,16). The Hall–Kier alpha value is -1.98. The fraction of sp³-hybridized carbons (Fsp3) is 0.273. The van der Waals surface area contributed by atoms with Crippen LogP contribution in [0.4, 0.5) is 8.78 Å². The molecule has 0 saturated heterocycles. The lowest BCUT2D eigenvalue weighted by atomic mass is 9.94. The summed E-state index contributed by atoms with van der Waals surface area (Å²) in [5, 5.41) is 12.4. The average Bonchev–Trinajstić information content (AvgIpc) is 2.91. The Morgan fingerprint density at radius 1 is 1.47 bits per heavy atom. The van der Waals surface area contributed by atoms with E-state index in [0.717, 1.165) is 12.3 Å². The fourth-order valence-electron chi connectivity index (χ4n) is 2.08. The van der Waals surface area contributed by atoms with E-state index in [1.165, 1.54) is 0 Å². The first-order chi connectivity index (χ1) is 8.06. The number of aromatic nitrogens is 1. The van der Waals surface area contributed by atoms with Crippen molar-refractivity contribution in [2.45, 2.75) is 18.3 Å². The van der Waals surface area contributed by atoms with Crippen LogP contribution < -0.4 is 0 Å². The maximum absolute atomic E-state index is 14.1. The van der Waals surface area contributed by atoms with Crippen molar-refractivity contribution in [1.82, 2.24) is 5.16 Å². The Balaban J connectivity index is 2.33. The molecular weight excluding hydrogens is 232 g/mol. The van der Waals surface area contributed by atoms with Gasteiger partial charge in [0.1, 0.15) is 11.6 Å². The highest BCUT2D eigenvalue weighted by Gasteiger charge is 2.55. The number of fused-ring (bicyclic) bond motifs is 1. The largest absolute Gasteiger partial charge is 0.481 e. The van der Waals surface area contributed by atoms with Crippen LogP contribution in [-0.2, 0) is 10.2 Å². The Morgan fingerprint density at radius 3 is 2.76 bits per heavy atom. The van der Waals surface area contributed by atoms with Crippen LogP contribution in [0, 0.1) is 11.6 Å². The van der Waals surface area contributed by atoms with Crippen LogP contribution in [0.3, 0.4) is 0 Å². The molecule has 88 valence electrons. The van der Waals surface area contributed by atoms with Crippen molar-refractivity contribution in [3.05, 3.63) is 29.5 Å². The lowest BCUT2D eigenvalue weighted by molar-refractivity contribution is -0.140. The molecule has 1 aliphatic carbocycles. The second kappa shape index (κ2) is 3.03. The Bertz CT molecular complexity index is 631. The van der Waals surface area contributed by atoms with Gasteiger partial charge >= 0.3 is 5.97 Å². The molecule has 1 aliphatic rings. The van der Waals surface area contributed by atoms with Crippen LogP contribution in [0.1, 0.15) is 18.4 Å². The summed E-state index contributed by atoms with van der Waals surface area (Å²) in [6.45, 7) is 0. The zero-order valence-corrected chi connectivity index (χ0v) is 8.54. The number of aliphatic carboxylic acids is 1. The minimum Gasteiger partial charge on any atom is -0.481 e. The first-order valence-electron chi connectivity index (χ1n) is 5.02. The van der Waals surface area contributed by atoms with Gasteiger partial charge in [0.2, 0.25) is 0 Å². The third-order valence-electron chi connectivity index (χ3n) is 3.19. The molecular formula is C11H7F2NO3. The van der Waals surface area contributed by atoms with Crippen LogP contribution in [0.5, 0.6) is 0 Å². The second-order valence-corrected chi connectivity index (χ2v) is 4.17. The summed E-state index contributed by atoms with van der Waals surface area (Å²) in [6.07, 6.45) is 1.60. The number of nitrogens with zero attached hydrogens (tertiary/aromatic N) is 1. The molecule has 1 aromatic heterocycles. The number of rotatable bonds is 2. The molecule has 1 aromatic carbocycles. The van der Waals surface area contributed by atoms with Crippen molar-refractivity contribution in [2.75, 3.05) is 0 Å². The normalized spacial score (nSPS) is 17.3. The van der Waals surface area contributed by atoms with Crippen LogP contribution >= 0.6 is 0 Å². The van der Waals surface area contributed by atoms with Gasteiger partial charge in [-0.15, -0.1) is 0 Å². The number of carboxylic acids is 1. The molecule has 4 nitrogen and oxygen atoms in total. The molecule has 6 heteroatoms. The molecule has 2 aromatic rings. The summed E-state index contributed by atoms with van der Waals surface area (Å²) in [5.41, 5.74) is -1.83. The smallest absolute Gasteiger partial charge is 0.314 e. The van der Waals surface area contributed by atoms with E-state index in [4.69, 9.17) is 5.11 Å². The van der Waals surface area contributed by atoms with E-state index in [2.05, 4.69) is 9.68 Å². The van der Waals surface area contributed by atoms with Crippen molar-refractivity contribution in [3.63, 3.8) is 0 Å². The Labute approximate surface area is 93.8 Å². The van der Waals surface area contributed by atoms with Gasteiger partial charge in [-0.1, -0.05) is 5.16 Å². The third-order valence-corrected chi connectivity index (χ3v) is 3.19. The average molecular weight is 239 g/mol. The van der Waals surface area contributed by atoms with E-state index < -0.39 is 23.0 Å². The molecule has 0 unspecified atom stereocenters. The fourth-order valence-corrected chi connectivity index (χ4v) is 2.08. The van der Waals surface area contributed by atoms with Crippen molar-refractivity contribution in [2.24, 2.45) is 0 Å². The predicted octanol–water partition coefficient (Wildman–Crippen LogP) is 2.22. The maximum Gasteiger partial charge on any atom is 0.314 e. The highest BCUT2D eigenvalue weighted by atomic mass is 19.1. The number of carbonyl (C=O) groups is 1. The zero-order chi connectivity index (χ0) is 12.2. The lowest BCUT2D eigenvalue weighted by Gasteiger charge is -2.12. The van der Waals surface area contributed by atoms with Crippen molar-refractivity contribution in [1.29, 1.82) is 0 Å². The van der Waals surface area contributed by atoms with E-state index >= 15 is 0 Å². The molecule has 3 rings (SSSR count). The number of benzene rings is 1. The summed E-state index contributed by atoms with van der Waals surface area (Å²) < 4.78 is 32.5. The molecule has 1 fully saturated rings. The zero-order valence-electron chi connectivity index (χ0n) is 8.54. The van der Waals surface area contributed by atoms with E-state index in [0.29, 0.717) is 0 Å². The highest BCUT2D eigenvalue weighted by Crippen LogP contribution is 2.51. The lowest BCUT2D eigenvalue weighted by Crippen LogP contribution is -2.22. The molecule has 0 atom stereocenters. The molecule has 17 heavy (non-hydrogen) atoms. The highest BCUT2D eigenvalue weighted by molar-refractivity contribution is 5.88. The van der Waals surface area contributed by atoms with Crippen molar-refractivity contribution in [3.8, 4) is 0 Å². The minimum atomic E-state index is -1.42. The van der Waals surface area contributed by atoms with E-state index in [1.54, 1.807) is 0 Å². The summed E-state index contributed by atoms with van der Waals surface area (Å²) >= 11 is 0. The monoisotopic (exact) mass is 239 g/mol. The summed E-state index contributed by atoms with van der Waals surface area (Å²) in [5.74, 6) is -2.99. The molecule has 1 N–H and O–H groups in total. The van der Waals surface area contributed by atoms with Crippen LogP contribution in [0.2, 0.25) is 0 Å². The van der Waals surface area contributed by atoms with Crippen LogP contribution in [0.25, 0.3) is 11.0 Å². The van der Waals surface area contributed by atoms with E-state index in [1.807, 2.05) is 0 Å². The number of halogens is 2. The number of carboxylic acid groups (broad SMARTS) is 1. The molecule has 0 bridgehead atoms. The number of hydrogen-bond acceptors (Lipinski definition) is 3. The molecule has 1 heterocycles. The molecule has 0 aliphatic heterocycles. The van der Waals surface area contributed by atoms with Gasteiger partial charge in [-0.25, -0.2) is 8.78 Å². The topological polar surface area (TPSA) is 63.3 Å². The summed E-state index contributed by atoms with van der Waals surface area (Å²) in [4.78, 5) is 11.1. The van der Waals surface area contributed by atoms with E-state index in [9.17, 15) is 13.6 Å². The molecule has 0 amide bonds. The van der Waals surface area contributed by atoms with Crippen molar-refractivity contribution >= 4 is 16.9 Å². The second-order valence-electron chi connectivity index (χ2n) is 4.17. The molecule has 1 saturated carbocycles. The van der Waals surface area contributed by atoms with Gasteiger partial charge in [-0.3, -0.25) is 4.79 Å².